The van der Waals surface area contributed by atoms with Gasteiger partial charge in [0, 0.05) is 18.1 Å². The molecule has 0 unspecified atom stereocenters. The first-order valence-electron chi connectivity index (χ1n) is 2.44. The van der Waals surface area contributed by atoms with Crippen LogP contribution in [0.25, 0.3) is 0 Å². The van der Waals surface area contributed by atoms with Gasteiger partial charge >= 0.3 is 0 Å². The number of rotatable bonds is 2. The van der Waals surface area contributed by atoms with Crippen LogP contribution in [0.1, 0.15) is 6.92 Å². The van der Waals surface area contributed by atoms with E-state index in [-0.39, 0.29) is 0 Å². The van der Waals surface area contributed by atoms with E-state index in [4.69, 9.17) is 0 Å². The zero-order chi connectivity index (χ0) is 5.82. The van der Waals surface area contributed by atoms with Gasteiger partial charge in [0.1, 0.15) is 5.00 Å². The molecule has 1 heterocycles. The molecule has 1 rings (SSSR count). The number of anilines is 1. The van der Waals surface area contributed by atoms with E-state index in [1.54, 1.807) is 6.20 Å². The van der Waals surface area contributed by atoms with Crippen molar-refractivity contribution in [1.29, 1.82) is 0 Å². The summed E-state index contributed by atoms with van der Waals surface area (Å²) in [6, 6.07) is 0. The topological polar surface area (TPSA) is 37.8 Å². The second kappa shape index (κ2) is 2.61. The minimum absolute atomic E-state index is 0.934. The quantitative estimate of drug-likeness (QED) is 0.646. The Kier molecular flexibility index (Phi) is 1.80. The van der Waals surface area contributed by atoms with Gasteiger partial charge in [0.2, 0.25) is 0 Å². The first kappa shape index (κ1) is 5.50. The van der Waals surface area contributed by atoms with E-state index < -0.39 is 0 Å². The summed E-state index contributed by atoms with van der Waals surface area (Å²) >= 11 is 1.38. The maximum absolute atomic E-state index is 3.67. The summed E-state index contributed by atoms with van der Waals surface area (Å²) in [6.45, 7) is 2.98. The minimum atomic E-state index is 0.934. The van der Waals surface area contributed by atoms with Crippen molar-refractivity contribution in [2.45, 2.75) is 6.92 Å². The van der Waals surface area contributed by atoms with Crippen molar-refractivity contribution < 1.29 is 0 Å². The van der Waals surface area contributed by atoms with Gasteiger partial charge in [0.15, 0.2) is 0 Å². The number of nitrogens with one attached hydrogen (secondary N) is 1. The number of aromatic nitrogens is 2. The number of hydrogen-bond acceptors (Lipinski definition) is 4. The Labute approximate surface area is 51.9 Å². The molecule has 4 heteroatoms. The van der Waals surface area contributed by atoms with Crippen LogP contribution in [0.15, 0.2) is 6.20 Å². The van der Waals surface area contributed by atoms with Crippen LogP contribution in [0, 0.1) is 0 Å². The highest BCUT2D eigenvalue weighted by Crippen LogP contribution is 2.07. The third kappa shape index (κ3) is 1.16. The summed E-state index contributed by atoms with van der Waals surface area (Å²) in [6.07, 6.45) is 1.72. The second-order valence-corrected chi connectivity index (χ2v) is 2.10. The zero-order valence-corrected chi connectivity index (χ0v) is 5.40. The summed E-state index contributed by atoms with van der Waals surface area (Å²) in [7, 11) is 0. The molecule has 0 atom stereocenters. The van der Waals surface area contributed by atoms with Crippen LogP contribution in [-0.4, -0.2) is 16.1 Å². The van der Waals surface area contributed by atoms with Gasteiger partial charge in [-0.15, -0.1) is 5.10 Å². The molecule has 0 bridgehead atoms. The molecule has 0 aromatic carbocycles. The first-order chi connectivity index (χ1) is 3.93. The smallest absolute Gasteiger partial charge is 0.130 e. The molecule has 1 N–H and O–H groups in total. The van der Waals surface area contributed by atoms with Crippen LogP contribution in [0.3, 0.4) is 0 Å². The maximum atomic E-state index is 3.67. The molecule has 1 aromatic rings. The number of hydrogen-bond donors (Lipinski definition) is 1. The van der Waals surface area contributed by atoms with E-state index in [2.05, 4.69) is 14.9 Å². The van der Waals surface area contributed by atoms with Crippen molar-refractivity contribution in [2.24, 2.45) is 0 Å². The third-order valence-corrected chi connectivity index (χ3v) is 1.33. The molecule has 8 heavy (non-hydrogen) atoms. The summed E-state index contributed by atoms with van der Waals surface area (Å²) < 4.78 is 3.67. The standard InChI is InChI=1S/C4H7N3S/c1-2-5-4-3-6-7-8-4/h3,5H,2H2,1H3. The van der Waals surface area contributed by atoms with Crippen LogP contribution in [0.4, 0.5) is 5.00 Å². The highest BCUT2D eigenvalue weighted by molar-refractivity contribution is 7.09. The maximum Gasteiger partial charge on any atom is 0.130 e. The lowest BCUT2D eigenvalue weighted by Gasteiger charge is -1.90. The monoisotopic (exact) mass is 129 g/mol. The van der Waals surface area contributed by atoms with Crippen molar-refractivity contribution in [3.05, 3.63) is 6.20 Å². The first-order valence-corrected chi connectivity index (χ1v) is 3.22. The Bertz CT molecular complexity index is 137. The van der Waals surface area contributed by atoms with Crippen LogP contribution >= 0.6 is 11.5 Å². The highest BCUT2D eigenvalue weighted by Gasteiger charge is 1.87. The lowest BCUT2D eigenvalue weighted by molar-refractivity contribution is 1.15. The Hall–Kier alpha value is -0.640. The molecule has 0 aliphatic rings. The van der Waals surface area contributed by atoms with Crippen molar-refractivity contribution in [1.82, 2.24) is 9.59 Å². The van der Waals surface area contributed by atoms with Crippen LogP contribution in [-0.2, 0) is 0 Å². The van der Waals surface area contributed by atoms with Gasteiger partial charge in [0.25, 0.3) is 0 Å². The molecule has 0 saturated carbocycles. The Morgan fingerprint density at radius 2 is 2.75 bits per heavy atom. The molecule has 44 valence electrons. The zero-order valence-electron chi connectivity index (χ0n) is 4.59. The second-order valence-electron chi connectivity index (χ2n) is 1.31. The van der Waals surface area contributed by atoms with Crippen molar-refractivity contribution in [3.8, 4) is 0 Å². The van der Waals surface area contributed by atoms with Gasteiger partial charge in [-0.05, 0) is 6.92 Å². The number of nitrogens with zero attached hydrogens (tertiary/aromatic N) is 2. The summed E-state index contributed by atoms with van der Waals surface area (Å²) in [5.74, 6) is 0. The highest BCUT2D eigenvalue weighted by atomic mass is 32.1. The van der Waals surface area contributed by atoms with Crippen LogP contribution in [0.5, 0.6) is 0 Å². The Morgan fingerprint density at radius 3 is 3.25 bits per heavy atom. The summed E-state index contributed by atoms with van der Waals surface area (Å²) in [4.78, 5) is 0. The van der Waals surface area contributed by atoms with Gasteiger partial charge < -0.3 is 5.32 Å². The van der Waals surface area contributed by atoms with Gasteiger partial charge in [-0.1, -0.05) is 4.49 Å². The molecule has 0 fully saturated rings. The minimum Gasteiger partial charge on any atom is -0.375 e. The fourth-order valence-electron chi connectivity index (χ4n) is 0.419. The van der Waals surface area contributed by atoms with Crippen molar-refractivity contribution in [2.75, 3.05) is 11.9 Å². The van der Waals surface area contributed by atoms with E-state index in [1.807, 2.05) is 6.92 Å². The lowest BCUT2D eigenvalue weighted by atomic mass is 10.7. The van der Waals surface area contributed by atoms with E-state index in [0.29, 0.717) is 0 Å². The van der Waals surface area contributed by atoms with Gasteiger partial charge in [0.05, 0.1) is 6.20 Å². The molecule has 0 amide bonds. The molecule has 3 nitrogen and oxygen atoms in total. The molecular formula is C4H7N3S. The molecule has 0 spiro atoms. The third-order valence-electron chi connectivity index (χ3n) is 0.712. The van der Waals surface area contributed by atoms with Gasteiger partial charge in [-0.25, -0.2) is 0 Å². The van der Waals surface area contributed by atoms with Gasteiger partial charge in [-0.2, -0.15) is 0 Å². The van der Waals surface area contributed by atoms with E-state index in [1.165, 1.54) is 11.5 Å². The average Bonchev–Trinajstić information content (AvgIpc) is 2.19. The molecule has 0 saturated heterocycles. The fourth-order valence-corrected chi connectivity index (χ4v) is 0.905. The predicted octanol–water partition coefficient (Wildman–Crippen LogP) is 0.970. The molecule has 0 aliphatic heterocycles. The van der Waals surface area contributed by atoms with E-state index >= 15 is 0 Å². The van der Waals surface area contributed by atoms with Gasteiger partial charge in [-0.3, -0.25) is 0 Å². The van der Waals surface area contributed by atoms with Crippen molar-refractivity contribution in [3.63, 3.8) is 0 Å². The molecule has 0 aliphatic carbocycles. The molecular weight excluding hydrogens is 122 g/mol. The lowest BCUT2D eigenvalue weighted by Crippen LogP contribution is -1.92. The van der Waals surface area contributed by atoms with E-state index in [0.717, 1.165) is 11.5 Å². The Morgan fingerprint density at radius 1 is 1.88 bits per heavy atom. The normalized spacial score (nSPS) is 9.12. The predicted molar refractivity (Wildman–Crippen MR) is 34.1 cm³/mol. The fraction of sp³-hybridized carbons (Fsp3) is 0.500. The Balaban J connectivity index is 2.50. The largest absolute Gasteiger partial charge is 0.375 e. The van der Waals surface area contributed by atoms with E-state index in [9.17, 15) is 0 Å². The van der Waals surface area contributed by atoms with Crippen LogP contribution in [0.2, 0.25) is 0 Å². The van der Waals surface area contributed by atoms with Crippen LogP contribution < -0.4 is 5.32 Å². The SMILES string of the molecule is CCNc1cnns1. The molecule has 0 radical (unpaired) electrons. The molecule has 1 aromatic heterocycles. The summed E-state index contributed by atoms with van der Waals surface area (Å²) in [5.41, 5.74) is 0. The average molecular weight is 129 g/mol. The van der Waals surface area contributed by atoms with Crippen molar-refractivity contribution >= 4 is 16.5 Å². The summed E-state index contributed by atoms with van der Waals surface area (Å²) in [5, 5.41) is 7.76.